The Hall–Kier alpha value is -10.6. The number of primary amides is 2. The van der Waals surface area contributed by atoms with Gasteiger partial charge in [0, 0.05) is 67.5 Å². The minimum Gasteiger partial charge on any atom is -0.480 e. The summed E-state index contributed by atoms with van der Waals surface area (Å²) in [5.74, 6) is -17.2. The molecular weight excluding hydrogens is 1760 g/mol. The molecule has 53 heteroatoms. The lowest BCUT2D eigenvalue weighted by Gasteiger charge is -2.52. The molecule has 1 unspecified atom stereocenters. The van der Waals surface area contributed by atoms with Crippen LogP contribution in [0.1, 0.15) is 154 Å². The Morgan fingerprint density at radius 3 is 1.03 bits per heavy atom. The van der Waals surface area contributed by atoms with Crippen molar-refractivity contribution >= 4 is 106 Å². The largest absolute Gasteiger partial charge is 0.480 e. The molecule has 0 aromatic carbocycles. The van der Waals surface area contributed by atoms with E-state index in [1.807, 2.05) is 0 Å². The van der Waals surface area contributed by atoms with Gasteiger partial charge in [-0.2, -0.15) is 0 Å². The van der Waals surface area contributed by atoms with Gasteiger partial charge in [-0.3, -0.25) is 86.3 Å². The normalized spacial score (nSPS) is 27.5. The number of ether oxygens (including phenoxy) is 10. The topological polar surface area (TPSA) is 802 Å². The molecular formula is C79H130N16O37. The lowest BCUT2D eigenvalue weighted by Crippen LogP contribution is -2.72. The number of aliphatic hydroxyl groups excluding tert-OH is 7. The third-order valence-electron chi connectivity index (χ3n) is 21.0. The van der Waals surface area contributed by atoms with E-state index in [0.717, 1.165) is 54.7 Å². The second-order valence-electron chi connectivity index (χ2n) is 32.0. The van der Waals surface area contributed by atoms with Crippen molar-refractivity contribution in [1.82, 2.24) is 74.4 Å². The number of allylic oxidation sites excluding steroid dienone is 1. The van der Waals surface area contributed by atoms with E-state index < -0.39 is 330 Å². The number of carbonyl (C=O) groups is 18. The summed E-state index contributed by atoms with van der Waals surface area (Å²) in [5.41, 5.74) is 11.3. The van der Waals surface area contributed by atoms with E-state index in [2.05, 4.69) is 74.4 Å². The summed E-state index contributed by atoms with van der Waals surface area (Å²) in [6.45, 7) is 11.0. The highest BCUT2D eigenvalue weighted by molar-refractivity contribution is 5.95. The summed E-state index contributed by atoms with van der Waals surface area (Å²) in [6.07, 6.45) is -33.1. The molecule has 4 heterocycles. The fourth-order valence-electron chi connectivity index (χ4n) is 14.1. The van der Waals surface area contributed by atoms with Crippen LogP contribution in [-0.2, 0) is 134 Å². The van der Waals surface area contributed by atoms with E-state index in [4.69, 9.17) is 58.8 Å². The third-order valence-corrected chi connectivity index (χ3v) is 21.0. The molecule has 27 N–H and O–H groups in total. The van der Waals surface area contributed by atoms with Crippen molar-refractivity contribution in [3.63, 3.8) is 0 Å². The van der Waals surface area contributed by atoms with Gasteiger partial charge in [0.2, 0.25) is 101 Å². The molecule has 16 amide bonds. The van der Waals surface area contributed by atoms with Crippen LogP contribution in [0.5, 0.6) is 0 Å². The number of hydrogen-bond acceptors (Lipinski definition) is 35. The van der Waals surface area contributed by atoms with Gasteiger partial charge < -0.3 is 179 Å². The standard InChI is InChI=1S/C79H130N16O37/c1-14-27-123-76-56(90-42(12)104)64(124-36(6)70(115)84-32(2)68(113)94-44(66(80)111)21-23-52(106)92-46(19-15-17-25-82-38(8)100)72(117)86-34(4)74(119)120)62(50(30-98)127-76)132-78-55(89-41(11)103)60(110)61(49(29-97)128-78)130-79-57(91-43(13)105)65(63(51(31-99)129-79)131-77-54(88-40(10)102)59(109)58(108)48(28-96)126-77)125-37(7)71(116)85-33(3)69(114)95-45(67(81)112)22-24-53(107)93-47(20-16-18-26-83-39(9)101)73(118)87-35(5)75(121)122/h14,27,32-37,44-51,54-65,76-79,96-99,108-110H,15-26,28-31H2,1-13H3,(H2,80,111)(H2,81,112)(H,82,100)(H,83,101)(H,84,115)(H,85,116)(H,86,117)(H,87,118)(H,88,102)(H,89,103)(H,90,104)(H,91,105)(H,92,106)(H,93,107)(H,94,113)(H,95,114)(H,119,120)(H,121,122)/b27-14+/t32-,33-,34+,35+,36+,37+,44+,45+,46-,47-,48+,49+,50+,51+,54+,55+,56+,57+,58+,59+,60+,61+,62+,63+,64+,65+,76?,77-,78-,79-/m0/s1. The third kappa shape index (κ3) is 36.1. The zero-order chi connectivity index (χ0) is 99.4. The Balaban J connectivity index is 1.73. The maximum atomic E-state index is 14.5. The van der Waals surface area contributed by atoms with Crippen LogP contribution in [0.25, 0.3) is 0 Å². The molecule has 132 heavy (non-hydrogen) atoms. The quantitative estimate of drug-likeness (QED) is 0.0199. The Kier molecular flexibility index (Phi) is 48.0. The first-order valence-electron chi connectivity index (χ1n) is 42.7. The molecule has 0 saturated carbocycles. The van der Waals surface area contributed by atoms with Crippen molar-refractivity contribution < 1.29 is 180 Å². The van der Waals surface area contributed by atoms with Gasteiger partial charge in [0.15, 0.2) is 18.9 Å². The molecule has 0 aromatic rings. The van der Waals surface area contributed by atoms with Gasteiger partial charge in [-0.25, -0.2) is 0 Å². The van der Waals surface area contributed by atoms with Gasteiger partial charge in [-0.1, -0.05) is 6.08 Å². The van der Waals surface area contributed by atoms with Gasteiger partial charge in [-0.05, 0) is 99.8 Å². The Morgan fingerprint density at radius 2 is 0.682 bits per heavy atom. The number of nitrogens with one attached hydrogen (secondary N) is 14. The van der Waals surface area contributed by atoms with Crippen LogP contribution in [-0.4, -0.2) is 375 Å². The van der Waals surface area contributed by atoms with Crippen LogP contribution in [0.3, 0.4) is 0 Å². The first-order valence-corrected chi connectivity index (χ1v) is 42.7. The predicted molar refractivity (Wildman–Crippen MR) is 446 cm³/mol. The molecule has 4 saturated heterocycles. The summed E-state index contributed by atoms with van der Waals surface area (Å²) in [4.78, 5) is 234. The molecule has 0 aromatic heterocycles. The summed E-state index contributed by atoms with van der Waals surface area (Å²) < 4.78 is 62.7. The number of carboxylic acids is 2. The average Bonchev–Trinajstić information content (AvgIpc) is 0.660. The van der Waals surface area contributed by atoms with Crippen molar-refractivity contribution in [3.05, 3.63) is 12.3 Å². The smallest absolute Gasteiger partial charge is 0.325 e. The Labute approximate surface area is 758 Å². The van der Waals surface area contributed by atoms with Crippen molar-refractivity contribution in [3.8, 4) is 0 Å². The molecule has 0 aliphatic carbocycles. The maximum absolute atomic E-state index is 14.5. The van der Waals surface area contributed by atoms with Crippen LogP contribution in [0.2, 0.25) is 0 Å². The summed E-state index contributed by atoms with van der Waals surface area (Å²) in [6, 6.07) is -19.1. The zero-order valence-corrected chi connectivity index (χ0v) is 75.4. The van der Waals surface area contributed by atoms with Gasteiger partial charge in [0.25, 0.3) is 0 Å². The number of amides is 16. The van der Waals surface area contributed by atoms with E-state index >= 15 is 0 Å². The lowest BCUT2D eigenvalue weighted by atomic mass is 9.92. The van der Waals surface area contributed by atoms with Crippen molar-refractivity contribution in [2.45, 2.75) is 337 Å². The minimum atomic E-state index is -2.25. The highest BCUT2D eigenvalue weighted by Crippen LogP contribution is 2.37. The van der Waals surface area contributed by atoms with Crippen LogP contribution < -0.4 is 85.9 Å². The molecule has 30 atom stereocenters. The number of nitrogens with two attached hydrogens (primary N) is 2. The summed E-state index contributed by atoms with van der Waals surface area (Å²) >= 11 is 0. The molecule has 0 spiro atoms. The van der Waals surface area contributed by atoms with E-state index in [-0.39, 0.29) is 50.6 Å². The molecule has 4 aliphatic heterocycles. The van der Waals surface area contributed by atoms with Crippen molar-refractivity contribution in [2.75, 3.05) is 39.5 Å². The molecule has 4 rings (SSSR count). The number of aliphatic carboxylic acids is 2. The first-order chi connectivity index (χ1) is 62.0. The second-order valence-corrected chi connectivity index (χ2v) is 32.0. The Bertz CT molecular complexity index is 3950. The fraction of sp³-hybridized carbons (Fsp3) is 0.747. The average molecular weight is 1900 g/mol. The van der Waals surface area contributed by atoms with Gasteiger partial charge in [0.05, 0.1) is 32.7 Å². The highest BCUT2D eigenvalue weighted by Gasteiger charge is 2.59. The monoisotopic (exact) mass is 1890 g/mol. The fourth-order valence-corrected chi connectivity index (χ4v) is 14.1. The molecule has 53 nitrogen and oxygen atoms in total. The van der Waals surface area contributed by atoms with Gasteiger partial charge in [0.1, 0.15) is 158 Å². The molecule has 4 aliphatic rings. The van der Waals surface area contributed by atoms with Crippen LogP contribution >= 0.6 is 0 Å². The number of unbranched alkanes of at least 4 members (excludes halogenated alkanes) is 2. The highest BCUT2D eigenvalue weighted by atomic mass is 16.8. The van der Waals surface area contributed by atoms with E-state index in [1.165, 1.54) is 47.6 Å². The van der Waals surface area contributed by atoms with Crippen molar-refractivity contribution in [2.24, 2.45) is 11.5 Å². The Morgan fingerprint density at radius 1 is 0.356 bits per heavy atom. The van der Waals surface area contributed by atoms with Gasteiger partial charge >= 0.3 is 11.9 Å². The predicted octanol–water partition coefficient (Wildman–Crippen LogP) is -11.5. The molecule has 0 radical (unpaired) electrons. The SMILES string of the molecule is C/C=C/OC1O[C@H](CO)[C@@H](O[C@@H]2O[C@H](CO)[C@@H](O[C@@H]3O[C@H](CO)[C@@H](O[C@@H]4O[C@H](CO)[C@@H](O)[C@H](O)[C@H]4NC(C)=O)[C@H](O[C@H](C)C(=O)N[C@@H](C)C(=O)N[C@H](CCC(=O)N[C@@H](CCCCNC(C)=O)C(=O)N[C@H](C)C(=O)O)C(N)=O)[C@H]3NC(C)=O)[C@H](O)[C@H]2NC(C)=O)[C@H](O[C@H](C)C(=O)N[C@@H](C)C(=O)N[C@H](CCC(=O)N[C@@H](CCCCNC(C)=O)C(=O)N[C@H](C)C(=O)O)C(N)=O)[C@H]1NC(C)=O. The van der Waals surface area contributed by atoms with E-state index in [1.54, 1.807) is 0 Å². The summed E-state index contributed by atoms with van der Waals surface area (Å²) in [5, 5.41) is 132. The molecule has 748 valence electrons. The van der Waals surface area contributed by atoms with E-state index in [0.29, 0.717) is 12.8 Å². The van der Waals surface area contributed by atoms with Crippen molar-refractivity contribution in [1.29, 1.82) is 0 Å². The number of carbonyl (C=O) groups excluding carboxylic acids is 16. The molecule has 4 fully saturated rings. The first kappa shape index (κ1) is 114. The van der Waals surface area contributed by atoms with Crippen LogP contribution in [0.4, 0.5) is 0 Å². The number of aliphatic hydroxyl groups is 7. The van der Waals surface area contributed by atoms with Gasteiger partial charge in [-0.15, -0.1) is 0 Å². The minimum absolute atomic E-state index is 0.0157. The van der Waals surface area contributed by atoms with Crippen LogP contribution in [0.15, 0.2) is 12.3 Å². The number of hydrogen-bond donors (Lipinski definition) is 25. The van der Waals surface area contributed by atoms with Crippen LogP contribution in [0, 0.1) is 0 Å². The van der Waals surface area contributed by atoms with E-state index in [9.17, 15) is 132 Å². The number of rotatable bonds is 54. The maximum Gasteiger partial charge on any atom is 0.325 e. The second kappa shape index (κ2) is 55.8. The zero-order valence-electron chi connectivity index (χ0n) is 75.4. The molecule has 0 bridgehead atoms. The number of carboxylic acid groups (broad SMARTS) is 2. The summed E-state index contributed by atoms with van der Waals surface area (Å²) in [7, 11) is 0. The lowest BCUT2D eigenvalue weighted by molar-refractivity contribution is -0.366.